The Morgan fingerprint density at radius 1 is 1.36 bits per heavy atom. The molecule has 0 spiro atoms. The predicted molar refractivity (Wildman–Crippen MR) is 58.7 cm³/mol. The molecule has 0 radical (unpaired) electrons. The first-order valence-corrected chi connectivity index (χ1v) is 5.23. The van der Waals surface area contributed by atoms with Crippen molar-refractivity contribution in [2.75, 3.05) is 18.5 Å². The first kappa shape index (κ1) is 9.81. The molecule has 0 aromatic heterocycles. The number of rotatable bonds is 4. The molecule has 0 amide bonds. The van der Waals surface area contributed by atoms with Crippen molar-refractivity contribution in [3.8, 4) is 0 Å². The van der Waals surface area contributed by atoms with Gasteiger partial charge in [0.25, 0.3) is 0 Å². The van der Waals surface area contributed by atoms with Crippen molar-refractivity contribution in [3.63, 3.8) is 0 Å². The molecule has 1 aliphatic rings. The van der Waals surface area contributed by atoms with Crippen LogP contribution in [0.3, 0.4) is 0 Å². The lowest BCUT2D eigenvalue weighted by Crippen LogP contribution is -2.19. The van der Waals surface area contributed by atoms with Gasteiger partial charge in [0.1, 0.15) is 0 Å². The molecule has 1 saturated carbocycles. The van der Waals surface area contributed by atoms with Gasteiger partial charge in [-0.1, -0.05) is 23.7 Å². The molecule has 0 unspecified atom stereocenters. The van der Waals surface area contributed by atoms with E-state index in [0.717, 1.165) is 30.1 Å². The quantitative estimate of drug-likeness (QED) is 0.802. The van der Waals surface area contributed by atoms with E-state index in [4.69, 9.17) is 16.7 Å². The third-order valence-corrected chi connectivity index (χ3v) is 3.15. The molecule has 2 nitrogen and oxygen atoms in total. The van der Waals surface area contributed by atoms with E-state index in [9.17, 15) is 0 Å². The zero-order valence-electron chi connectivity index (χ0n) is 7.96. The van der Waals surface area contributed by atoms with Gasteiger partial charge in [0.05, 0.1) is 17.3 Å². The standard InChI is InChI=1S/C11H14ClNO/c12-9-3-1-2-4-10(9)13-7-11(8-14)5-6-11/h1-4,13-14H,5-8H2. The van der Waals surface area contributed by atoms with Gasteiger partial charge < -0.3 is 10.4 Å². The average Bonchev–Trinajstić information content (AvgIpc) is 2.98. The molecule has 1 fully saturated rings. The maximum absolute atomic E-state index is 9.13. The molecule has 2 rings (SSSR count). The molecule has 1 aromatic carbocycles. The van der Waals surface area contributed by atoms with Gasteiger partial charge in [-0.05, 0) is 25.0 Å². The minimum Gasteiger partial charge on any atom is -0.396 e. The van der Waals surface area contributed by atoms with Crippen molar-refractivity contribution in [1.29, 1.82) is 0 Å². The van der Waals surface area contributed by atoms with Gasteiger partial charge in [0.2, 0.25) is 0 Å². The van der Waals surface area contributed by atoms with Gasteiger partial charge in [0.15, 0.2) is 0 Å². The summed E-state index contributed by atoms with van der Waals surface area (Å²) in [6, 6.07) is 7.68. The Morgan fingerprint density at radius 2 is 2.07 bits per heavy atom. The maximum Gasteiger partial charge on any atom is 0.0637 e. The number of halogens is 1. The van der Waals surface area contributed by atoms with Crippen LogP contribution in [0.25, 0.3) is 0 Å². The Balaban J connectivity index is 1.95. The van der Waals surface area contributed by atoms with Crippen LogP contribution >= 0.6 is 11.6 Å². The van der Waals surface area contributed by atoms with Crippen LogP contribution in [0.2, 0.25) is 5.02 Å². The second kappa shape index (κ2) is 3.79. The molecular weight excluding hydrogens is 198 g/mol. The molecule has 0 atom stereocenters. The SMILES string of the molecule is OCC1(CNc2ccccc2Cl)CC1. The minimum absolute atomic E-state index is 0.124. The van der Waals surface area contributed by atoms with Crippen LogP contribution in [0.5, 0.6) is 0 Å². The Bertz CT molecular complexity index is 323. The third kappa shape index (κ3) is 2.02. The Hall–Kier alpha value is -0.730. The topological polar surface area (TPSA) is 32.3 Å². The highest BCUT2D eigenvalue weighted by molar-refractivity contribution is 6.33. The zero-order chi connectivity index (χ0) is 10.0. The van der Waals surface area contributed by atoms with E-state index in [1.165, 1.54) is 0 Å². The number of hydrogen-bond donors (Lipinski definition) is 2. The fraction of sp³-hybridized carbons (Fsp3) is 0.455. The summed E-state index contributed by atoms with van der Waals surface area (Å²) in [4.78, 5) is 0. The van der Waals surface area contributed by atoms with E-state index in [-0.39, 0.29) is 12.0 Å². The Morgan fingerprint density at radius 3 is 2.64 bits per heavy atom. The lowest BCUT2D eigenvalue weighted by molar-refractivity contribution is 0.220. The summed E-state index contributed by atoms with van der Waals surface area (Å²) in [5, 5.41) is 13.1. The van der Waals surface area contributed by atoms with E-state index in [1.54, 1.807) is 0 Å². The van der Waals surface area contributed by atoms with Crippen LogP contribution in [0.1, 0.15) is 12.8 Å². The van der Waals surface area contributed by atoms with Crippen LogP contribution in [0, 0.1) is 5.41 Å². The lowest BCUT2D eigenvalue weighted by atomic mass is 10.1. The summed E-state index contributed by atoms with van der Waals surface area (Å²) >= 11 is 5.99. The minimum atomic E-state index is 0.124. The number of anilines is 1. The second-order valence-electron chi connectivity index (χ2n) is 3.99. The van der Waals surface area contributed by atoms with E-state index in [2.05, 4.69) is 5.32 Å². The van der Waals surface area contributed by atoms with Gasteiger partial charge >= 0.3 is 0 Å². The van der Waals surface area contributed by atoms with Crippen LogP contribution in [-0.4, -0.2) is 18.3 Å². The zero-order valence-corrected chi connectivity index (χ0v) is 8.72. The fourth-order valence-electron chi connectivity index (χ4n) is 1.45. The Labute approximate surface area is 88.9 Å². The second-order valence-corrected chi connectivity index (χ2v) is 4.40. The normalized spacial score (nSPS) is 17.9. The number of benzene rings is 1. The number of aliphatic hydroxyl groups excluding tert-OH is 1. The van der Waals surface area contributed by atoms with Crippen LogP contribution in [0.4, 0.5) is 5.69 Å². The van der Waals surface area contributed by atoms with Gasteiger partial charge in [-0.15, -0.1) is 0 Å². The molecule has 3 heteroatoms. The molecule has 0 bridgehead atoms. The van der Waals surface area contributed by atoms with Crippen molar-refractivity contribution < 1.29 is 5.11 Å². The molecule has 2 N–H and O–H groups in total. The smallest absolute Gasteiger partial charge is 0.0637 e. The first-order valence-electron chi connectivity index (χ1n) is 4.85. The predicted octanol–water partition coefficient (Wildman–Crippen LogP) is 2.52. The van der Waals surface area contributed by atoms with E-state index >= 15 is 0 Å². The van der Waals surface area contributed by atoms with Crippen molar-refractivity contribution in [3.05, 3.63) is 29.3 Å². The first-order chi connectivity index (χ1) is 6.76. The largest absolute Gasteiger partial charge is 0.396 e. The molecule has 1 aliphatic carbocycles. The summed E-state index contributed by atoms with van der Waals surface area (Å²) < 4.78 is 0. The van der Waals surface area contributed by atoms with Crippen LogP contribution < -0.4 is 5.32 Å². The third-order valence-electron chi connectivity index (χ3n) is 2.82. The van der Waals surface area contributed by atoms with E-state index < -0.39 is 0 Å². The van der Waals surface area contributed by atoms with Gasteiger partial charge in [-0.25, -0.2) is 0 Å². The maximum atomic E-state index is 9.13. The number of para-hydroxylation sites is 1. The molecule has 14 heavy (non-hydrogen) atoms. The highest BCUT2D eigenvalue weighted by atomic mass is 35.5. The summed E-state index contributed by atoms with van der Waals surface area (Å²) in [7, 11) is 0. The van der Waals surface area contributed by atoms with Gasteiger partial charge in [-0.3, -0.25) is 0 Å². The molecule has 76 valence electrons. The van der Waals surface area contributed by atoms with E-state index in [0.29, 0.717) is 0 Å². The van der Waals surface area contributed by atoms with Crippen molar-refractivity contribution in [2.24, 2.45) is 5.41 Å². The average molecular weight is 212 g/mol. The molecular formula is C11H14ClNO. The molecule has 0 aliphatic heterocycles. The number of hydrogen-bond acceptors (Lipinski definition) is 2. The van der Waals surface area contributed by atoms with Crippen LogP contribution in [0.15, 0.2) is 24.3 Å². The van der Waals surface area contributed by atoms with Crippen molar-refractivity contribution in [1.82, 2.24) is 0 Å². The molecule has 1 aromatic rings. The van der Waals surface area contributed by atoms with Crippen molar-refractivity contribution in [2.45, 2.75) is 12.8 Å². The molecule has 0 saturated heterocycles. The van der Waals surface area contributed by atoms with Crippen molar-refractivity contribution >= 4 is 17.3 Å². The number of nitrogens with one attached hydrogen (secondary N) is 1. The van der Waals surface area contributed by atoms with Gasteiger partial charge in [-0.2, -0.15) is 0 Å². The fourth-order valence-corrected chi connectivity index (χ4v) is 1.66. The summed E-state index contributed by atoms with van der Waals surface area (Å²) in [6.07, 6.45) is 2.22. The van der Waals surface area contributed by atoms with Gasteiger partial charge in [0, 0.05) is 12.0 Å². The Kier molecular flexibility index (Phi) is 2.66. The number of aliphatic hydroxyl groups is 1. The van der Waals surface area contributed by atoms with Crippen LogP contribution in [-0.2, 0) is 0 Å². The summed E-state index contributed by atoms with van der Waals surface area (Å²) in [5.41, 5.74) is 1.08. The monoisotopic (exact) mass is 211 g/mol. The van der Waals surface area contributed by atoms with E-state index in [1.807, 2.05) is 24.3 Å². The summed E-state index contributed by atoms with van der Waals surface area (Å²) in [5.74, 6) is 0. The highest BCUT2D eigenvalue weighted by Crippen LogP contribution is 2.45. The molecule has 0 heterocycles. The highest BCUT2D eigenvalue weighted by Gasteiger charge is 2.41. The lowest BCUT2D eigenvalue weighted by Gasteiger charge is -2.14. The summed E-state index contributed by atoms with van der Waals surface area (Å²) in [6.45, 7) is 1.08.